The summed E-state index contributed by atoms with van der Waals surface area (Å²) < 4.78 is 0. The number of anilines is 1. The molecule has 0 bridgehead atoms. The molecule has 0 saturated heterocycles. The summed E-state index contributed by atoms with van der Waals surface area (Å²) in [4.78, 5) is 4.80. The number of benzene rings is 2. The summed E-state index contributed by atoms with van der Waals surface area (Å²) in [5, 5.41) is 5.20. The minimum absolute atomic E-state index is 0.0949. The Bertz CT molecular complexity index is 805. The molecular weight excluding hydrogens is 292 g/mol. The molecule has 3 rings (SSSR count). The molecule has 0 unspecified atom stereocenters. The number of pyridine rings is 1. The molecule has 0 aliphatic heterocycles. The first kappa shape index (κ1) is 14.9. The van der Waals surface area contributed by atoms with E-state index in [1.165, 1.54) is 0 Å². The highest BCUT2D eigenvalue weighted by atomic mass is 35.5. The molecule has 1 heterocycles. The lowest BCUT2D eigenvalue weighted by molar-refractivity contribution is 0.631. The molecule has 2 aromatic carbocycles. The predicted molar refractivity (Wildman–Crippen MR) is 95.6 cm³/mol. The van der Waals surface area contributed by atoms with Crippen LogP contribution in [-0.2, 0) is 0 Å². The van der Waals surface area contributed by atoms with Gasteiger partial charge in [0, 0.05) is 16.5 Å². The normalized spacial score (nSPS) is 11.6. The molecule has 112 valence electrons. The van der Waals surface area contributed by atoms with E-state index in [2.05, 4.69) is 38.2 Å². The van der Waals surface area contributed by atoms with Gasteiger partial charge in [-0.2, -0.15) is 0 Å². The van der Waals surface area contributed by atoms with E-state index in [0.717, 1.165) is 32.9 Å². The van der Waals surface area contributed by atoms with E-state index < -0.39 is 0 Å². The molecule has 0 fully saturated rings. The Morgan fingerprint density at radius 3 is 2.23 bits per heavy atom. The fourth-order valence-corrected chi connectivity index (χ4v) is 2.84. The first-order valence-electron chi connectivity index (χ1n) is 7.37. The maximum Gasteiger partial charge on any atom is 0.136 e. The summed E-state index contributed by atoms with van der Waals surface area (Å²) >= 11 is 6.73. The Balaban J connectivity index is 2.31. The van der Waals surface area contributed by atoms with Gasteiger partial charge < -0.3 is 5.32 Å². The van der Waals surface area contributed by atoms with E-state index in [1.54, 1.807) is 0 Å². The van der Waals surface area contributed by atoms with E-state index in [0.29, 0.717) is 0 Å². The van der Waals surface area contributed by atoms with Gasteiger partial charge in [0.15, 0.2) is 0 Å². The maximum atomic E-state index is 6.73. The van der Waals surface area contributed by atoms with Crippen LogP contribution in [0, 0.1) is 0 Å². The molecule has 1 N–H and O–H groups in total. The van der Waals surface area contributed by atoms with E-state index >= 15 is 0 Å². The lowest BCUT2D eigenvalue weighted by Gasteiger charge is -2.24. The van der Waals surface area contributed by atoms with Crippen molar-refractivity contribution in [3.8, 4) is 11.1 Å². The van der Waals surface area contributed by atoms with E-state index in [-0.39, 0.29) is 5.54 Å². The second-order valence-electron chi connectivity index (χ2n) is 6.41. The predicted octanol–water partition coefficient (Wildman–Crippen LogP) is 5.77. The Kier molecular flexibility index (Phi) is 3.79. The Labute approximate surface area is 136 Å². The van der Waals surface area contributed by atoms with Gasteiger partial charge >= 0.3 is 0 Å². The topological polar surface area (TPSA) is 24.9 Å². The molecule has 22 heavy (non-hydrogen) atoms. The molecule has 0 spiro atoms. The number of fused-ring (bicyclic) bond motifs is 1. The van der Waals surface area contributed by atoms with Crippen LogP contribution in [0.1, 0.15) is 20.8 Å². The SMILES string of the molecule is CC(C)(C)Nc1nc2ccccc2c(Cl)c1-c1ccccc1. The van der Waals surface area contributed by atoms with Gasteiger partial charge in [-0.1, -0.05) is 60.1 Å². The van der Waals surface area contributed by atoms with Crippen LogP contribution in [0.2, 0.25) is 5.02 Å². The zero-order chi connectivity index (χ0) is 15.7. The van der Waals surface area contributed by atoms with Crippen molar-refractivity contribution in [2.45, 2.75) is 26.3 Å². The van der Waals surface area contributed by atoms with E-state index in [4.69, 9.17) is 16.6 Å². The van der Waals surface area contributed by atoms with E-state index in [1.807, 2.05) is 42.5 Å². The minimum atomic E-state index is -0.0949. The second kappa shape index (κ2) is 5.62. The summed E-state index contributed by atoms with van der Waals surface area (Å²) in [5.41, 5.74) is 2.83. The number of hydrogen-bond acceptors (Lipinski definition) is 2. The average Bonchev–Trinajstić information content (AvgIpc) is 2.47. The molecular formula is C19H19ClN2. The molecule has 1 aromatic heterocycles. The molecule has 0 aliphatic carbocycles. The largest absolute Gasteiger partial charge is 0.365 e. The standard InChI is InChI=1S/C19H19ClN2/c1-19(2,3)22-18-16(13-9-5-4-6-10-13)17(20)14-11-7-8-12-15(14)21-18/h4-12H,1-3H3,(H,21,22). The maximum absolute atomic E-state index is 6.73. The zero-order valence-electron chi connectivity index (χ0n) is 13.0. The Morgan fingerprint density at radius 1 is 0.909 bits per heavy atom. The third kappa shape index (κ3) is 2.93. The van der Waals surface area contributed by atoms with Gasteiger partial charge in [-0.25, -0.2) is 4.98 Å². The number of nitrogens with one attached hydrogen (secondary N) is 1. The molecule has 0 saturated carbocycles. The van der Waals surface area contributed by atoms with Crippen molar-refractivity contribution < 1.29 is 0 Å². The lowest BCUT2D eigenvalue weighted by Crippen LogP contribution is -2.27. The van der Waals surface area contributed by atoms with E-state index in [9.17, 15) is 0 Å². The first-order valence-corrected chi connectivity index (χ1v) is 7.75. The minimum Gasteiger partial charge on any atom is -0.365 e. The number of rotatable bonds is 2. The molecule has 3 aromatic rings. The van der Waals surface area contributed by atoms with Gasteiger partial charge in [0.05, 0.1) is 10.5 Å². The molecule has 3 heteroatoms. The number of nitrogens with zero attached hydrogens (tertiary/aromatic N) is 1. The van der Waals surface area contributed by atoms with Crippen molar-refractivity contribution in [1.82, 2.24) is 4.98 Å². The third-order valence-electron chi connectivity index (χ3n) is 3.38. The Hall–Kier alpha value is -2.06. The van der Waals surface area contributed by atoms with Crippen molar-refractivity contribution in [2.75, 3.05) is 5.32 Å². The summed E-state index contributed by atoms with van der Waals surface area (Å²) in [5.74, 6) is 0.822. The smallest absolute Gasteiger partial charge is 0.136 e. The van der Waals surface area contributed by atoms with Crippen molar-refractivity contribution in [2.24, 2.45) is 0 Å². The highest BCUT2D eigenvalue weighted by molar-refractivity contribution is 6.38. The second-order valence-corrected chi connectivity index (χ2v) is 6.79. The average molecular weight is 311 g/mol. The van der Waals surface area contributed by atoms with Crippen LogP contribution in [0.15, 0.2) is 54.6 Å². The summed E-state index contributed by atoms with van der Waals surface area (Å²) in [6.45, 7) is 6.35. The zero-order valence-corrected chi connectivity index (χ0v) is 13.8. The van der Waals surface area contributed by atoms with Crippen molar-refractivity contribution >= 4 is 28.3 Å². The molecule has 2 nitrogen and oxygen atoms in total. The molecule has 0 atom stereocenters. The van der Waals surface area contributed by atoms with Gasteiger partial charge in [0.2, 0.25) is 0 Å². The quantitative estimate of drug-likeness (QED) is 0.650. The van der Waals surface area contributed by atoms with Gasteiger partial charge in [0.1, 0.15) is 5.82 Å². The fraction of sp³-hybridized carbons (Fsp3) is 0.211. The van der Waals surface area contributed by atoms with Crippen LogP contribution in [-0.4, -0.2) is 10.5 Å². The first-order chi connectivity index (χ1) is 10.5. The van der Waals surface area contributed by atoms with Crippen LogP contribution >= 0.6 is 11.6 Å². The number of halogens is 1. The van der Waals surface area contributed by atoms with Crippen LogP contribution in [0.25, 0.3) is 22.0 Å². The molecule has 0 aliphatic rings. The molecule has 0 radical (unpaired) electrons. The highest BCUT2D eigenvalue weighted by Crippen LogP contribution is 2.39. The summed E-state index contributed by atoms with van der Waals surface area (Å²) in [7, 11) is 0. The van der Waals surface area contributed by atoms with Crippen LogP contribution < -0.4 is 5.32 Å². The van der Waals surface area contributed by atoms with Crippen molar-refractivity contribution in [3.63, 3.8) is 0 Å². The van der Waals surface area contributed by atoms with Crippen LogP contribution in [0.3, 0.4) is 0 Å². The number of aromatic nitrogens is 1. The lowest BCUT2D eigenvalue weighted by atomic mass is 10.0. The van der Waals surface area contributed by atoms with Gasteiger partial charge in [-0.3, -0.25) is 0 Å². The van der Waals surface area contributed by atoms with Gasteiger partial charge in [-0.15, -0.1) is 0 Å². The number of para-hydroxylation sites is 1. The third-order valence-corrected chi connectivity index (χ3v) is 3.78. The monoisotopic (exact) mass is 310 g/mol. The summed E-state index contributed by atoms with van der Waals surface area (Å²) in [6, 6.07) is 18.1. The number of hydrogen-bond donors (Lipinski definition) is 1. The summed E-state index contributed by atoms with van der Waals surface area (Å²) in [6.07, 6.45) is 0. The fourth-order valence-electron chi connectivity index (χ4n) is 2.49. The van der Waals surface area contributed by atoms with Crippen molar-refractivity contribution in [1.29, 1.82) is 0 Å². The van der Waals surface area contributed by atoms with Gasteiger partial charge in [-0.05, 0) is 32.4 Å². The van der Waals surface area contributed by atoms with Gasteiger partial charge in [0.25, 0.3) is 0 Å². The van der Waals surface area contributed by atoms with Crippen LogP contribution in [0.4, 0.5) is 5.82 Å². The highest BCUT2D eigenvalue weighted by Gasteiger charge is 2.19. The molecule has 0 amide bonds. The van der Waals surface area contributed by atoms with Crippen molar-refractivity contribution in [3.05, 3.63) is 59.6 Å². The van der Waals surface area contributed by atoms with Crippen LogP contribution in [0.5, 0.6) is 0 Å². The Morgan fingerprint density at radius 2 is 1.55 bits per heavy atom.